The van der Waals surface area contributed by atoms with Gasteiger partial charge in [-0.1, -0.05) is 23.1 Å². The van der Waals surface area contributed by atoms with Crippen LogP contribution in [0.25, 0.3) is 0 Å². The van der Waals surface area contributed by atoms with Crippen molar-refractivity contribution in [1.82, 2.24) is 15.6 Å². The van der Waals surface area contributed by atoms with Gasteiger partial charge in [-0.2, -0.15) is 0 Å². The molecule has 0 aliphatic rings. The van der Waals surface area contributed by atoms with Gasteiger partial charge >= 0.3 is 0 Å². The second-order valence-electron chi connectivity index (χ2n) is 1.97. The number of hydrazine groups is 1. The van der Waals surface area contributed by atoms with Gasteiger partial charge in [0.2, 0.25) is 5.91 Å². The summed E-state index contributed by atoms with van der Waals surface area (Å²) in [5.41, 5.74) is 3.69. The Morgan fingerprint density at radius 3 is 3.17 bits per heavy atom. The van der Waals surface area contributed by atoms with Crippen molar-refractivity contribution in [3.8, 4) is 0 Å². The molecule has 0 saturated heterocycles. The third-order valence-corrected chi connectivity index (χ3v) is 3.04. The second-order valence-corrected chi connectivity index (χ2v) is 4.39. The first-order valence-corrected chi connectivity index (χ1v) is 4.93. The summed E-state index contributed by atoms with van der Waals surface area (Å²) in [7, 11) is 0. The van der Waals surface area contributed by atoms with E-state index in [9.17, 15) is 4.79 Å². The summed E-state index contributed by atoms with van der Waals surface area (Å²) >= 11 is 2.73. The monoisotopic (exact) mass is 204 g/mol. The van der Waals surface area contributed by atoms with Gasteiger partial charge in [0.1, 0.15) is 5.51 Å². The van der Waals surface area contributed by atoms with Crippen molar-refractivity contribution >= 4 is 29.0 Å². The number of thioether (sulfide) groups is 1. The van der Waals surface area contributed by atoms with Crippen LogP contribution in [0.1, 0.15) is 6.92 Å². The summed E-state index contributed by atoms with van der Waals surface area (Å²) in [4.78, 5) is 10.9. The lowest BCUT2D eigenvalue weighted by molar-refractivity contribution is -0.120. The highest BCUT2D eigenvalue weighted by atomic mass is 32.2. The zero-order valence-electron chi connectivity index (χ0n) is 6.35. The SMILES string of the molecule is CC(Sc1nncs1)C(=O)NN. The van der Waals surface area contributed by atoms with E-state index in [0.717, 1.165) is 4.34 Å². The molecule has 0 aliphatic heterocycles. The number of rotatable bonds is 3. The molecule has 1 aromatic heterocycles. The zero-order valence-corrected chi connectivity index (χ0v) is 7.98. The molecule has 12 heavy (non-hydrogen) atoms. The van der Waals surface area contributed by atoms with Crippen LogP contribution in [-0.2, 0) is 4.79 Å². The van der Waals surface area contributed by atoms with E-state index < -0.39 is 0 Å². The van der Waals surface area contributed by atoms with Gasteiger partial charge in [-0.15, -0.1) is 10.2 Å². The van der Waals surface area contributed by atoms with Crippen LogP contribution in [0.15, 0.2) is 9.85 Å². The molecule has 0 aliphatic carbocycles. The maximum Gasteiger partial charge on any atom is 0.247 e. The van der Waals surface area contributed by atoms with Crippen LogP contribution in [0.4, 0.5) is 0 Å². The van der Waals surface area contributed by atoms with Crippen molar-refractivity contribution in [1.29, 1.82) is 0 Å². The van der Waals surface area contributed by atoms with E-state index in [2.05, 4.69) is 15.6 Å². The minimum atomic E-state index is -0.233. The maximum atomic E-state index is 10.9. The van der Waals surface area contributed by atoms with E-state index in [0.29, 0.717) is 0 Å². The highest BCUT2D eigenvalue weighted by molar-refractivity contribution is 8.02. The molecular formula is C5H8N4OS2. The van der Waals surface area contributed by atoms with E-state index in [4.69, 9.17) is 5.84 Å². The minimum absolute atomic E-state index is 0.213. The van der Waals surface area contributed by atoms with Gasteiger partial charge in [-0.3, -0.25) is 10.2 Å². The number of amides is 1. The Hall–Kier alpha value is -0.660. The molecule has 1 rings (SSSR count). The van der Waals surface area contributed by atoms with Crippen molar-refractivity contribution in [3.63, 3.8) is 0 Å². The predicted molar refractivity (Wildman–Crippen MR) is 47.6 cm³/mol. The summed E-state index contributed by atoms with van der Waals surface area (Å²) in [6, 6.07) is 0. The summed E-state index contributed by atoms with van der Waals surface area (Å²) in [5.74, 6) is 4.74. The smallest absolute Gasteiger partial charge is 0.247 e. The maximum absolute atomic E-state index is 10.9. The molecular weight excluding hydrogens is 196 g/mol. The van der Waals surface area contributed by atoms with Crippen LogP contribution in [0.2, 0.25) is 0 Å². The molecule has 1 atom stereocenters. The highest BCUT2D eigenvalue weighted by Gasteiger charge is 2.14. The summed E-state index contributed by atoms with van der Waals surface area (Å²) in [5, 5.41) is 7.20. The molecule has 1 unspecified atom stereocenters. The van der Waals surface area contributed by atoms with Gasteiger partial charge in [0, 0.05) is 0 Å². The lowest BCUT2D eigenvalue weighted by Crippen LogP contribution is -2.36. The molecule has 7 heteroatoms. The quantitative estimate of drug-likeness (QED) is 0.314. The molecule has 0 saturated carbocycles. The largest absolute Gasteiger partial charge is 0.293 e. The molecule has 1 aromatic rings. The fourth-order valence-corrected chi connectivity index (χ4v) is 2.17. The molecule has 0 radical (unpaired) electrons. The normalized spacial score (nSPS) is 12.5. The van der Waals surface area contributed by atoms with Crippen molar-refractivity contribution < 1.29 is 4.79 Å². The van der Waals surface area contributed by atoms with Crippen LogP contribution in [0.5, 0.6) is 0 Å². The first-order valence-electron chi connectivity index (χ1n) is 3.17. The summed E-state index contributed by atoms with van der Waals surface area (Å²) in [6.07, 6.45) is 0. The Morgan fingerprint density at radius 1 is 1.92 bits per heavy atom. The first kappa shape index (κ1) is 9.43. The highest BCUT2D eigenvalue weighted by Crippen LogP contribution is 2.23. The van der Waals surface area contributed by atoms with E-state index in [1.807, 2.05) is 0 Å². The molecule has 1 amide bonds. The van der Waals surface area contributed by atoms with Crippen LogP contribution in [0.3, 0.4) is 0 Å². The van der Waals surface area contributed by atoms with Crippen LogP contribution < -0.4 is 11.3 Å². The Morgan fingerprint density at radius 2 is 2.67 bits per heavy atom. The molecule has 1 heterocycles. The molecule has 0 bridgehead atoms. The van der Waals surface area contributed by atoms with Gasteiger partial charge in [0.25, 0.3) is 0 Å². The van der Waals surface area contributed by atoms with E-state index in [1.54, 1.807) is 12.4 Å². The Bertz CT molecular complexity index is 250. The van der Waals surface area contributed by atoms with Crippen molar-refractivity contribution in [3.05, 3.63) is 5.51 Å². The molecule has 3 N–H and O–H groups in total. The van der Waals surface area contributed by atoms with Gasteiger partial charge in [0.15, 0.2) is 4.34 Å². The number of hydrogen-bond donors (Lipinski definition) is 2. The molecule has 5 nitrogen and oxygen atoms in total. The fourth-order valence-electron chi connectivity index (χ4n) is 0.536. The zero-order chi connectivity index (χ0) is 8.97. The van der Waals surface area contributed by atoms with Crippen molar-refractivity contribution in [2.45, 2.75) is 16.5 Å². The number of nitrogens with zero attached hydrogens (tertiary/aromatic N) is 2. The Labute approximate surface area is 77.7 Å². The van der Waals surface area contributed by atoms with Crippen molar-refractivity contribution in [2.24, 2.45) is 5.84 Å². The third-order valence-electron chi connectivity index (χ3n) is 1.13. The molecule has 0 spiro atoms. The predicted octanol–water partition coefficient (Wildman–Crippen LogP) is 0.00860. The summed E-state index contributed by atoms with van der Waals surface area (Å²) < 4.78 is 0.770. The lowest BCUT2D eigenvalue weighted by atomic mass is 10.5. The molecule has 0 aromatic carbocycles. The van der Waals surface area contributed by atoms with Gasteiger partial charge in [0.05, 0.1) is 5.25 Å². The number of nitrogens with one attached hydrogen (secondary N) is 1. The lowest BCUT2D eigenvalue weighted by Gasteiger charge is -2.05. The van der Waals surface area contributed by atoms with Gasteiger partial charge in [-0.05, 0) is 6.92 Å². The number of carbonyl (C=O) groups is 1. The topological polar surface area (TPSA) is 80.9 Å². The summed E-state index contributed by atoms with van der Waals surface area (Å²) in [6.45, 7) is 1.76. The number of hydrogen-bond acceptors (Lipinski definition) is 6. The standard InChI is InChI=1S/C5H8N4OS2/c1-3(4(10)8-6)12-5-9-7-2-11-5/h2-3H,6H2,1H3,(H,8,10). The fraction of sp³-hybridized carbons (Fsp3) is 0.400. The van der Waals surface area contributed by atoms with E-state index in [1.165, 1.54) is 23.1 Å². The van der Waals surface area contributed by atoms with Gasteiger partial charge in [-0.25, -0.2) is 5.84 Å². The first-order chi connectivity index (χ1) is 5.74. The molecule has 0 fully saturated rings. The minimum Gasteiger partial charge on any atom is -0.293 e. The van der Waals surface area contributed by atoms with Gasteiger partial charge < -0.3 is 0 Å². The Kier molecular flexibility index (Phi) is 3.45. The number of aromatic nitrogens is 2. The average Bonchev–Trinajstić information content (AvgIpc) is 2.55. The second kappa shape index (κ2) is 4.39. The Balaban J connectivity index is 2.47. The number of carbonyl (C=O) groups excluding carboxylic acids is 1. The molecule has 66 valence electrons. The van der Waals surface area contributed by atoms with E-state index >= 15 is 0 Å². The van der Waals surface area contributed by atoms with E-state index in [-0.39, 0.29) is 11.2 Å². The third kappa shape index (κ3) is 2.43. The van der Waals surface area contributed by atoms with Crippen molar-refractivity contribution in [2.75, 3.05) is 0 Å². The average molecular weight is 204 g/mol. The van der Waals surface area contributed by atoms with Crippen LogP contribution >= 0.6 is 23.1 Å². The number of nitrogens with two attached hydrogens (primary N) is 1. The van der Waals surface area contributed by atoms with Crippen LogP contribution in [-0.4, -0.2) is 21.4 Å². The van der Waals surface area contributed by atoms with Crippen LogP contribution in [0, 0.1) is 0 Å².